The smallest absolute Gasteiger partial charge is 0.158 e. The lowest BCUT2D eigenvalue weighted by molar-refractivity contribution is 0.848. The molecular formula is C16H20N6. The number of hydrogen-bond acceptors (Lipinski definition) is 5. The minimum Gasteiger partial charge on any atom is -0.370 e. The summed E-state index contributed by atoms with van der Waals surface area (Å²) in [6.45, 7) is 3.59. The third-order valence-electron chi connectivity index (χ3n) is 3.51. The van der Waals surface area contributed by atoms with Gasteiger partial charge in [0.05, 0.1) is 5.69 Å². The lowest BCUT2D eigenvalue weighted by Crippen LogP contribution is -2.12. The predicted octanol–water partition coefficient (Wildman–Crippen LogP) is 2.11. The van der Waals surface area contributed by atoms with Crippen LogP contribution in [0.2, 0.25) is 0 Å². The number of nitrogens with two attached hydrogens (primary N) is 1. The third kappa shape index (κ3) is 2.92. The Morgan fingerprint density at radius 3 is 2.77 bits per heavy atom. The SMILES string of the molecule is CCc1cc(NCCCN)n2nc(-c3ccncc3)cc2n1. The van der Waals surface area contributed by atoms with Crippen molar-refractivity contribution in [1.29, 1.82) is 0 Å². The first-order chi connectivity index (χ1) is 10.8. The molecule has 0 aliphatic heterocycles. The Bertz CT molecular complexity index is 750. The molecule has 0 aliphatic rings. The van der Waals surface area contributed by atoms with Gasteiger partial charge in [-0.2, -0.15) is 9.61 Å². The van der Waals surface area contributed by atoms with Crippen LogP contribution in [0.3, 0.4) is 0 Å². The number of rotatable bonds is 6. The normalized spacial score (nSPS) is 11.0. The Hall–Kier alpha value is -2.47. The van der Waals surface area contributed by atoms with Gasteiger partial charge in [-0.15, -0.1) is 0 Å². The molecule has 0 unspecified atom stereocenters. The Balaban J connectivity index is 2.03. The van der Waals surface area contributed by atoms with Crippen molar-refractivity contribution in [3.63, 3.8) is 0 Å². The van der Waals surface area contributed by atoms with Gasteiger partial charge in [0.1, 0.15) is 5.82 Å². The van der Waals surface area contributed by atoms with E-state index in [1.165, 1.54) is 0 Å². The molecule has 3 aromatic rings. The summed E-state index contributed by atoms with van der Waals surface area (Å²) in [4.78, 5) is 8.69. The summed E-state index contributed by atoms with van der Waals surface area (Å²) in [5, 5.41) is 8.07. The maximum atomic E-state index is 5.56. The molecule has 0 atom stereocenters. The van der Waals surface area contributed by atoms with Crippen LogP contribution >= 0.6 is 0 Å². The number of anilines is 1. The number of fused-ring (bicyclic) bond motifs is 1. The van der Waals surface area contributed by atoms with E-state index in [9.17, 15) is 0 Å². The number of pyridine rings is 1. The van der Waals surface area contributed by atoms with E-state index in [4.69, 9.17) is 5.73 Å². The highest BCUT2D eigenvalue weighted by Gasteiger charge is 2.10. The molecule has 0 amide bonds. The highest BCUT2D eigenvalue weighted by Crippen LogP contribution is 2.21. The van der Waals surface area contributed by atoms with Gasteiger partial charge >= 0.3 is 0 Å². The monoisotopic (exact) mass is 296 g/mol. The molecule has 6 heteroatoms. The summed E-state index contributed by atoms with van der Waals surface area (Å²) in [5.74, 6) is 0.954. The fraction of sp³-hybridized carbons (Fsp3) is 0.312. The number of aromatic nitrogens is 4. The van der Waals surface area contributed by atoms with Crippen molar-refractivity contribution in [2.24, 2.45) is 5.73 Å². The Kier molecular flexibility index (Phi) is 4.29. The molecule has 6 nitrogen and oxygen atoms in total. The zero-order chi connectivity index (χ0) is 15.4. The van der Waals surface area contributed by atoms with E-state index in [1.807, 2.05) is 28.8 Å². The second-order valence-electron chi connectivity index (χ2n) is 5.09. The molecule has 0 spiro atoms. The van der Waals surface area contributed by atoms with Gasteiger partial charge in [-0.25, -0.2) is 4.98 Å². The van der Waals surface area contributed by atoms with Gasteiger partial charge in [0, 0.05) is 42.3 Å². The molecule has 0 aromatic carbocycles. The van der Waals surface area contributed by atoms with Crippen molar-refractivity contribution in [1.82, 2.24) is 19.6 Å². The van der Waals surface area contributed by atoms with Crippen LogP contribution in [0.15, 0.2) is 36.7 Å². The number of nitrogens with zero attached hydrogens (tertiary/aromatic N) is 4. The number of nitrogens with one attached hydrogen (secondary N) is 1. The van der Waals surface area contributed by atoms with Crippen LogP contribution in [-0.4, -0.2) is 32.7 Å². The Morgan fingerprint density at radius 2 is 2.05 bits per heavy atom. The molecule has 3 N–H and O–H groups in total. The molecule has 114 valence electrons. The van der Waals surface area contributed by atoms with Crippen molar-refractivity contribution < 1.29 is 0 Å². The van der Waals surface area contributed by atoms with Gasteiger partial charge in [-0.1, -0.05) is 6.92 Å². The first-order valence-electron chi connectivity index (χ1n) is 7.56. The zero-order valence-corrected chi connectivity index (χ0v) is 12.7. The van der Waals surface area contributed by atoms with Gasteiger partial charge in [-0.3, -0.25) is 4.98 Å². The summed E-state index contributed by atoms with van der Waals surface area (Å²) < 4.78 is 1.85. The molecule has 22 heavy (non-hydrogen) atoms. The molecule has 0 saturated heterocycles. The van der Waals surface area contributed by atoms with E-state index >= 15 is 0 Å². The number of hydrogen-bond donors (Lipinski definition) is 2. The highest BCUT2D eigenvalue weighted by molar-refractivity contribution is 5.65. The summed E-state index contributed by atoms with van der Waals surface area (Å²) in [6, 6.07) is 7.95. The fourth-order valence-electron chi connectivity index (χ4n) is 2.32. The standard InChI is InChI=1S/C16H20N6/c1-2-13-10-15(19-7-3-6-17)22-16(20-13)11-14(21-22)12-4-8-18-9-5-12/h4-5,8-11,19H,2-3,6-7,17H2,1H3. The average molecular weight is 296 g/mol. The van der Waals surface area contributed by atoms with Crippen LogP contribution < -0.4 is 11.1 Å². The van der Waals surface area contributed by atoms with Crippen molar-refractivity contribution in [2.45, 2.75) is 19.8 Å². The van der Waals surface area contributed by atoms with Crippen molar-refractivity contribution in [3.05, 3.63) is 42.4 Å². The quantitative estimate of drug-likeness (QED) is 0.681. The summed E-state index contributed by atoms with van der Waals surface area (Å²) in [5.41, 5.74) is 9.38. The van der Waals surface area contributed by atoms with Gasteiger partial charge in [-0.05, 0) is 31.5 Å². The van der Waals surface area contributed by atoms with Gasteiger partial charge in [0.15, 0.2) is 5.65 Å². The van der Waals surface area contributed by atoms with Crippen LogP contribution in [-0.2, 0) is 6.42 Å². The summed E-state index contributed by atoms with van der Waals surface area (Å²) in [7, 11) is 0. The Morgan fingerprint density at radius 1 is 1.23 bits per heavy atom. The topological polar surface area (TPSA) is 81.1 Å². The van der Waals surface area contributed by atoms with Crippen LogP contribution in [0, 0.1) is 0 Å². The molecular weight excluding hydrogens is 276 g/mol. The van der Waals surface area contributed by atoms with E-state index < -0.39 is 0 Å². The van der Waals surface area contributed by atoms with Gasteiger partial charge in [0.2, 0.25) is 0 Å². The van der Waals surface area contributed by atoms with Crippen molar-refractivity contribution in [3.8, 4) is 11.3 Å². The van der Waals surface area contributed by atoms with Crippen molar-refractivity contribution in [2.75, 3.05) is 18.4 Å². The zero-order valence-electron chi connectivity index (χ0n) is 12.7. The van der Waals surface area contributed by atoms with Crippen LogP contribution in [0.25, 0.3) is 16.9 Å². The van der Waals surface area contributed by atoms with Crippen molar-refractivity contribution >= 4 is 11.5 Å². The van der Waals surface area contributed by atoms with Crippen LogP contribution in [0.4, 0.5) is 5.82 Å². The lowest BCUT2D eigenvalue weighted by Gasteiger charge is -2.09. The molecule has 3 rings (SSSR count). The number of aryl methyl sites for hydroxylation is 1. The van der Waals surface area contributed by atoms with Gasteiger partial charge < -0.3 is 11.1 Å². The summed E-state index contributed by atoms with van der Waals surface area (Å²) in [6.07, 6.45) is 5.34. The molecule has 3 aromatic heterocycles. The molecule has 0 saturated carbocycles. The van der Waals surface area contributed by atoms with E-state index in [2.05, 4.69) is 27.3 Å². The predicted molar refractivity (Wildman–Crippen MR) is 87.8 cm³/mol. The molecule has 3 heterocycles. The Labute approximate surface area is 129 Å². The maximum absolute atomic E-state index is 5.56. The summed E-state index contributed by atoms with van der Waals surface area (Å²) >= 11 is 0. The van der Waals surface area contributed by atoms with E-state index in [0.29, 0.717) is 6.54 Å². The fourth-order valence-corrected chi connectivity index (χ4v) is 2.32. The highest BCUT2D eigenvalue weighted by atomic mass is 15.3. The van der Waals surface area contributed by atoms with Gasteiger partial charge in [0.25, 0.3) is 0 Å². The van der Waals surface area contributed by atoms with E-state index in [-0.39, 0.29) is 0 Å². The average Bonchev–Trinajstić information content (AvgIpc) is 3.00. The molecule has 0 aliphatic carbocycles. The first kappa shape index (κ1) is 14.5. The van der Waals surface area contributed by atoms with Crippen LogP contribution in [0.5, 0.6) is 0 Å². The van der Waals surface area contributed by atoms with Crippen LogP contribution in [0.1, 0.15) is 19.0 Å². The minimum atomic E-state index is 0.670. The van der Waals surface area contributed by atoms with E-state index in [0.717, 1.165) is 47.8 Å². The third-order valence-corrected chi connectivity index (χ3v) is 3.51. The lowest BCUT2D eigenvalue weighted by atomic mass is 10.2. The molecule has 0 bridgehead atoms. The second kappa shape index (κ2) is 6.53. The second-order valence-corrected chi connectivity index (χ2v) is 5.09. The largest absolute Gasteiger partial charge is 0.370 e. The first-order valence-corrected chi connectivity index (χ1v) is 7.56. The molecule has 0 radical (unpaired) electrons. The maximum Gasteiger partial charge on any atom is 0.158 e. The van der Waals surface area contributed by atoms with E-state index in [1.54, 1.807) is 12.4 Å². The minimum absolute atomic E-state index is 0.670. The molecule has 0 fully saturated rings.